The quantitative estimate of drug-likeness (QED) is 0.904. The fourth-order valence-electron chi connectivity index (χ4n) is 1.78. The molecule has 3 nitrogen and oxygen atoms in total. The van der Waals surface area contributed by atoms with Crippen LogP contribution in [0, 0.1) is 11.7 Å². The van der Waals surface area contributed by atoms with Crippen molar-refractivity contribution >= 4 is 11.6 Å². The lowest BCUT2D eigenvalue weighted by Gasteiger charge is -2.07. The number of rotatable bonds is 5. The minimum Gasteiger partial charge on any atom is -0.356 e. The number of nitrogens with one attached hydrogen (secondary N) is 1. The normalized spacial score (nSPS) is 11.2. The molecule has 0 fully saturated rings. The van der Waals surface area contributed by atoms with Gasteiger partial charge in [0, 0.05) is 17.7 Å². The van der Waals surface area contributed by atoms with Gasteiger partial charge in [0.2, 0.25) is 0 Å². The minimum atomic E-state index is -0.368. The lowest BCUT2D eigenvalue weighted by molar-refractivity contribution is 0.431. The summed E-state index contributed by atoms with van der Waals surface area (Å²) in [6.07, 6.45) is 1.66. The molecule has 1 heterocycles. The van der Waals surface area contributed by atoms with E-state index in [9.17, 15) is 4.39 Å². The van der Waals surface area contributed by atoms with Crippen molar-refractivity contribution in [2.45, 2.75) is 20.4 Å². The lowest BCUT2D eigenvalue weighted by atomic mass is 10.1. The van der Waals surface area contributed by atoms with Gasteiger partial charge in [0.1, 0.15) is 5.82 Å². The third kappa shape index (κ3) is 3.55. The van der Waals surface area contributed by atoms with Crippen molar-refractivity contribution in [3.8, 4) is 11.3 Å². The Labute approximate surface area is 116 Å². The smallest absolute Gasteiger partial charge is 0.172 e. The van der Waals surface area contributed by atoms with Crippen molar-refractivity contribution in [1.29, 1.82) is 0 Å². The summed E-state index contributed by atoms with van der Waals surface area (Å²) in [7, 11) is 0. The molecule has 0 saturated carbocycles. The van der Waals surface area contributed by atoms with Crippen LogP contribution in [-0.2, 0) is 6.54 Å². The first kappa shape index (κ1) is 14.0. The zero-order chi connectivity index (χ0) is 13.8. The van der Waals surface area contributed by atoms with E-state index in [1.54, 1.807) is 12.3 Å². The third-order valence-corrected chi connectivity index (χ3v) is 3.00. The van der Waals surface area contributed by atoms with Gasteiger partial charge in [0.15, 0.2) is 5.76 Å². The van der Waals surface area contributed by atoms with Crippen molar-refractivity contribution in [1.82, 2.24) is 10.5 Å². The van der Waals surface area contributed by atoms with Crippen molar-refractivity contribution < 1.29 is 8.91 Å². The van der Waals surface area contributed by atoms with Crippen LogP contribution in [0.1, 0.15) is 19.4 Å². The molecular weight excluding hydrogens is 267 g/mol. The number of aromatic nitrogens is 1. The molecule has 19 heavy (non-hydrogen) atoms. The molecule has 0 bridgehead atoms. The molecule has 0 aliphatic heterocycles. The van der Waals surface area contributed by atoms with Gasteiger partial charge in [0.25, 0.3) is 0 Å². The summed E-state index contributed by atoms with van der Waals surface area (Å²) in [6.45, 7) is 5.82. The highest BCUT2D eigenvalue weighted by atomic mass is 35.5. The molecule has 0 unspecified atom stereocenters. The maximum atomic E-state index is 13.0. The number of hydrogen-bond donors (Lipinski definition) is 1. The van der Waals surface area contributed by atoms with E-state index in [4.69, 9.17) is 16.1 Å². The second kappa shape index (κ2) is 6.17. The SMILES string of the molecule is CC(C)CNCc1cnoc1-c1ccc(F)cc1Cl. The van der Waals surface area contributed by atoms with E-state index >= 15 is 0 Å². The molecule has 0 amide bonds. The van der Waals surface area contributed by atoms with Gasteiger partial charge in [-0.1, -0.05) is 30.6 Å². The standard InChI is InChI=1S/C14H16ClFN2O/c1-9(2)6-17-7-10-8-18-19-14(10)12-4-3-11(16)5-13(12)15/h3-5,8-9,17H,6-7H2,1-2H3. The number of hydrogen-bond acceptors (Lipinski definition) is 3. The fourth-order valence-corrected chi connectivity index (χ4v) is 2.03. The van der Waals surface area contributed by atoms with Gasteiger partial charge in [0.05, 0.1) is 11.2 Å². The average molecular weight is 283 g/mol. The molecule has 0 atom stereocenters. The number of nitrogens with zero attached hydrogens (tertiary/aromatic N) is 1. The zero-order valence-electron chi connectivity index (χ0n) is 10.9. The highest BCUT2D eigenvalue weighted by molar-refractivity contribution is 6.33. The monoisotopic (exact) mass is 282 g/mol. The Morgan fingerprint density at radius 2 is 2.21 bits per heavy atom. The first-order chi connectivity index (χ1) is 9.08. The van der Waals surface area contributed by atoms with Crippen LogP contribution in [0.25, 0.3) is 11.3 Å². The Balaban J connectivity index is 2.19. The fraction of sp³-hybridized carbons (Fsp3) is 0.357. The largest absolute Gasteiger partial charge is 0.356 e. The summed E-state index contributed by atoms with van der Waals surface area (Å²) < 4.78 is 18.3. The summed E-state index contributed by atoms with van der Waals surface area (Å²) in [5.41, 5.74) is 1.57. The number of benzene rings is 1. The van der Waals surface area contributed by atoms with Gasteiger partial charge in [-0.25, -0.2) is 4.39 Å². The molecular formula is C14H16ClFN2O. The topological polar surface area (TPSA) is 38.1 Å². The predicted molar refractivity (Wildman–Crippen MR) is 73.5 cm³/mol. The van der Waals surface area contributed by atoms with Gasteiger partial charge >= 0.3 is 0 Å². The molecule has 0 radical (unpaired) electrons. The highest BCUT2D eigenvalue weighted by Crippen LogP contribution is 2.30. The minimum absolute atomic E-state index is 0.321. The molecule has 2 aromatic rings. The second-order valence-electron chi connectivity index (χ2n) is 4.83. The van der Waals surface area contributed by atoms with E-state index in [0.717, 1.165) is 12.1 Å². The maximum Gasteiger partial charge on any atom is 0.172 e. The Morgan fingerprint density at radius 3 is 2.89 bits per heavy atom. The zero-order valence-corrected chi connectivity index (χ0v) is 11.7. The molecule has 1 N–H and O–H groups in total. The summed E-state index contributed by atoms with van der Waals surface area (Å²) in [5.74, 6) is 0.784. The maximum absolute atomic E-state index is 13.0. The van der Waals surface area contributed by atoms with E-state index in [1.165, 1.54) is 12.1 Å². The van der Waals surface area contributed by atoms with E-state index in [2.05, 4.69) is 24.3 Å². The van der Waals surface area contributed by atoms with Crippen LogP contribution in [0.15, 0.2) is 28.9 Å². The molecule has 2 rings (SSSR count). The van der Waals surface area contributed by atoms with E-state index < -0.39 is 0 Å². The van der Waals surface area contributed by atoms with Crippen LogP contribution in [0.4, 0.5) is 4.39 Å². The molecule has 5 heteroatoms. The van der Waals surface area contributed by atoms with Crippen molar-refractivity contribution in [3.05, 3.63) is 40.8 Å². The van der Waals surface area contributed by atoms with Gasteiger partial charge in [-0.05, 0) is 30.7 Å². The van der Waals surface area contributed by atoms with E-state index in [1.807, 2.05) is 0 Å². The van der Waals surface area contributed by atoms with Crippen molar-refractivity contribution in [2.24, 2.45) is 5.92 Å². The molecule has 0 spiro atoms. The molecule has 0 saturated heterocycles. The average Bonchev–Trinajstić information content (AvgIpc) is 2.77. The van der Waals surface area contributed by atoms with Gasteiger partial charge in [-0.2, -0.15) is 0 Å². The Morgan fingerprint density at radius 1 is 1.42 bits per heavy atom. The number of halogens is 2. The van der Waals surface area contributed by atoms with E-state index in [-0.39, 0.29) is 5.82 Å². The first-order valence-electron chi connectivity index (χ1n) is 6.17. The summed E-state index contributed by atoms with van der Waals surface area (Å²) in [6, 6.07) is 4.23. The van der Waals surface area contributed by atoms with E-state index in [0.29, 0.717) is 28.8 Å². The van der Waals surface area contributed by atoms with Crippen LogP contribution in [-0.4, -0.2) is 11.7 Å². The third-order valence-electron chi connectivity index (χ3n) is 2.69. The first-order valence-corrected chi connectivity index (χ1v) is 6.55. The highest BCUT2D eigenvalue weighted by Gasteiger charge is 2.14. The Bertz CT molecular complexity index is 554. The second-order valence-corrected chi connectivity index (χ2v) is 5.24. The van der Waals surface area contributed by atoms with Crippen LogP contribution in [0.3, 0.4) is 0 Å². The van der Waals surface area contributed by atoms with Crippen LogP contribution >= 0.6 is 11.6 Å². The van der Waals surface area contributed by atoms with Crippen LogP contribution in [0.5, 0.6) is 0 Å². The predicted octanol–water partition coefficient (Wildman–Crippen LogP) is 3.88. The molecule has 1 aromatic heterocycles. The molecule has 0 aliphatic rings. The summed E-state index contributed by atoms with van der Waals surface area (Å²) in [5, 5.41) is 7.42. The Kier molecular flexibility index (Phi) is 4.56. The van der Waals surface area contributed by atoms with Crippen molar-refractivity contribution in [2.75, 3.05) is 6.54 Å². The molecule has 0 aliphatic carbocycles. The van der Waals surface area contributed by atoms with Crippen LogP contribution in [0.2, 0.25) is 5.02 Å². The lowest BCUT2D eigenvalue weighted by Crippen LogP contribution is -2.18. The van der Waals surface area contributed by atoms with Gasteiger partial charge in [-0.3, -0.25) is 0 Å². The molecule has 102 valence electrons. The summed E-state index contributed by atoms with van der Waals surface area (Å²) in [4.78, 5) is 0. The Hall–Kier alpha value is -1.39. The molecule has 1 aromatic carbocycles. The van der Waals surface area contributed by atoms with Crippen molar-refractivity contribution in [3.63, 3.8) is 0 Å². The summed E-state index contributed by atoms with van der Waals surface area (Å²) >= 11 is 6.03. The van der Waals surface area contributed by atoms with Crippen LogP contribution < -0.4 is 5.32 Å². The van der Waals surface area contributed by atoms with Gasteiger partial charge < -0.3 is 9.84 Å². The van der Waals surface area contributed by atoms with Gasteiger partial charge in [-0.15, -0.1) is 0 Å².